The molecule has 0 unspecified atom stereocenters. The highest BCUT2D eigenvalue weighted by Crippen LogP contribution is 2.33. The molecule has 0 saturated carbocycles. The van der Waals surface area contributed by atoms with Crippen LogP contribution in [0.1, 0.15) is 29.3 Å². The average molecular weight is 300 g/mol. The lowest BCUT2D eigenvalue weighted by atomic mass is 9.89. The average Bonchev–Trinajstić information content (AvgIpc) is 2.51. The Labute approximate surface area is 127 Å². The molecule has 1 aromatic rings. The number of nitrogens with one attached hydrogen (secondary N) is 2. The Morgan fingerprint density at radius 1 is 1.27 bits per heavy atom. The first-order chi connectivity index (χ1) is 10.5. The first kappa shape index (κ1) is 15.5. The van der Waals surface area contributed by atoms with Gasteiger partial charge in [-0.15, -0.1) is 0 Å². The molecule has 6 nitrogen and oxygen atoms in total. The zero-order chi connectivity index (χ0) is 16.3. The molecular formula is C16H16N2O4. The van der Waals surface area contributed by atoms with Gasteiger partial charge in [-0.05, 0) is 17.7 Å². The maximum Gasteiger partial charge on any atom is 0.411 e. The van der Waals surface area contributed by atoms with Crippen LogP contribution < -0.4 is 10.6 Å². The fourth-order valence-corrected chi connectivity index (χ4v) is 2.14. The fourth-order valence-electron chi connectivity index (χ4n) is 2.14. The van der Waals surface area contributed by atoms with E-state index in [0.717, 1.165) is 0 Å². The van der Waals surface area contributed by atoms with Crippen molar-refractivity contribution in [3.05, 3.63) is 47.7 Å². The number of fused-ring (bicyclic) bond motifs is 1. The highest BCUT2D eigenvalue weighted by molar-refractivity contribution is 6.18. The van der Waals surface area contributed by atoms with Gasteiger partial charge in [-0.25, -0.2) is 4.79 Å². The molecule has 0 radical (unpaired) electrons. The lowest BCUT2D eigenvalue weighted by Gasteiger charge is -2.21. The first-order valence-corrected chi connectivity index (χ1v) is 6.71. The standard InChI is InChI=1S/C16H16N2O4/c1-4-13(19)17-12-8-9(2)14-10(15(12)20)6-5-7-11(14)18-16(21)22-3/h5-8H,2,4H2,1,3H3,(H,17,19)(H,18,21). The molecule has 0 fully saturated rings. The number of amides is 2. The molecule has 0 heterocycles. The molecule has 22 heavy (non-hydrogen) atoms. The van der Waals surface area contributed by atoms with E-state index in [-0.39, 0.29) is 23.8 Å². The van der Waals surface area contributed by atoms with Crippen LogP contribution in [0.3, 0.4) is 0 Å². The molecular weight excluding hydrogens is 284 g/mol. The van der Waals surface area contributed by atoms with Crippen molar-refractivity contribution in [1.82, 2.24) is 5.32 Å². The Balaban J connectivity index is 2.42. The Hall–Kier alpha value is -2.89. The Kier molecular flexibility index (Phi) is 4.41. The van der Waals surface area contributed by atoms with Crippen LogP contribution >= 0.6 is 0 Å². The molecule has 0 bridgehead atoms. The quantitative estimate of drug-likeness (QED) is 0.898. The lowest BCUT2D eigenvalue weighted by molar-refractivity contribution is -0.120. The second-order valence-electron chi connectivity index (χ2n) is 4.66. The molecule has 1 aliphatic rings. The maximum atomic E-state index is 12.5. The van der Waals surface area contributed by atoms with Gasteiger partial charge in [0.25, 0.3) is 0 Å². The van der Waals surface area contributed by atoms with Crippen molar-refractivity contribution in [2.45, 2.75) is 13.3 Å². The molecule has 2 amide bonds. The zero-order valence-corrected chi connectivity index (χ0v) is 12.4. The number of ether oxygens (including phenoxy) is 1. The molecule has 1 aromatic carbocycles. The molecule has 0 spiro atoms. The number of rotatable bonds is 3. The van der Waals surface area contributed by atoms with E-state index in [4.69, 9.17) is 0 Å². The molecule has 0 aromatic heterocycles. The summed E-state index contributed by atoms with van der Waals surface area (Å²) in [4.78, 5) is 35.3. The minimum atomic E-state index is -0.636. The second kappa shape index (κ2) is 6.26. The maximum absolute atomic E-state index is 12.5. The van der Waals surface area contributed by atoms with Crippen LogP contribution in [0.2, 0.25) is 0 Å². The van der Waals surface area contributed by atoms with Crippen molar-refractivity contribution in [2.24, 2.45) is 0 Å². The highest BCUT2D eigenvalue weighted by atomic mass is 16.5. The molecule has 0 saturated heterocycles. The van der Waals surface area contributed by atoms with Gasteiger partial charge in [0.05, 0.1) is 18.5 Å². The smallest absolute Gasteiger partial charge is 0.411 e. The first-order valence-electron chi connectivity index (χ1n) is 6.71. The molecule has 0 aliphatic heterocycles. The number of hydrogen-bond acceptors (Lipinski definition) is 4. The Bertz CT molecular complexity index is 704. The van der Waals surface area contributed by atoms with Gasteiger partial charge < -0.3 is 10.1 Å². The zero-order valence-electron chi connectivity index (χ0n) is 12.4. The number of hydrogen-bond donors (Lipinski definition) is 2. The van der Waals surface area contributed by atoms with Crippen molar-refractivity contribution in [2.75, 3.05) is 12.4 Å². The van der Waals surface area contributed by atoms with Crippen molar-refractivity contribution in [1.29, 1.82) is 0 Å². The largest absolute Gasteiger partial charge is 0.453 e. The van der Waals surface area contributed by atoms with Crippen molar-refractivity contribution in [3.8, 4) is 0 Å². The van der Waals surface area contributed by atoms with Gasteiger partial charge in [0.2, 0.25) is 11.7 Å². The highest BCUT2D eigenvalue weighted by Gasteiger charge is 2.26. The molecule has 2 N–H and O–H groups in total. The van der Waals surface area contributed by atoms with E-state index in [2.05, 4.69) is 21.9 Å². The number of carbonyl (C=O) groups excluding carboxylic acids is 3. The summed E-state index contributed by atoms with van der Waals surface area (Å²) >= 11 is 0. The summed E-state index contributed by atoms with van der Waals surface area (Å²) in [7, 11) is 1.25. The Morgan fingerprint density at radius 2 is 2.00 bits per heavy atom. The summed E-state index contributed by atoms with van der Waals surface area (Å²) in [6.45, 7) is 5.59. The topological polar surface area (TPSA) is 84.5 Å². The van der Waals surface area contributed by atoms with Crippen LogP contribution in [-0.2, 0) is 9.53 Å². The third kappa shape index (κ3) is 2.90. The summed E-state index contributed by atoms with van der Waals surface area (Å²) in [5.41, 5.74) is 2.02. The molecule has 114 valence electrons. The van der Waals surface area contributed by atoms with Crippen LogP contribution in [0.15, 0.2) is 36.6 Å². The SMILES string of the molecule is C=C1C=C(NC(=O)CC)C(=O)c2cccc(NC(=O)OC)c21. The molecule has 1 aliphatic carbocycles. The van der Waals surface area contributed by atoms with Gasteiger partial charge in [-0.3, -0.25) is 14.9 Å². The third-order valence-corrected chi connectivity index (χ3v) is 3.21. The molecule has 6 heteroatoms. The third-order valence-electron chi connectivity index (χ3n) is 3.21. The van der Waals surface area contributed by atoms with Gasteiger partial charge in [-0.1, -0.05) is 25.6 Å². The number of allylic oxidation sites excluding steroid dienone is 3. The minimum absolute atomic E-state index is 0.180. The van der Waals surface area contributed by atoms with Crippen LogP contribution in [-0.4, -0.2) is 24.9 Å². The number of anilines is 1. The van der Waals surface area contributed by atoms with Crippen molar-refractivity contribution >= 4 is 29.0 Å². The summed E-state index contributed by atoms with van der Waals surface area (Å²) in [5.74, 6) is -0.572. The predicted molar refractivity (Wildman–Crippen MR) is 82.4 cm³/mol. The van der Waals surface area contributed by atoms with Crippen LogP contribution in [0, 0.1) is 0 Å². The fraction of sp³-hybridized carbons (Fsp3) is 0.188. The predicted octanol–water partition coefficient (Wildman–Crippen LogP) is 2.48. The van der Waals surface area contributed by atoms with Gasteiger partial charge in [-0.2, -0.15) is 0 Å². The van der Waals surface area contributed by atoms with E-state index in [1.54, 1.807) is 25.1 Å². The second-order valence-corrected chi connectivity index (χ2v) is 4.66. The number of methoxy groups -OCH3 is 1. The van der Waals surface area contributed by atoms with E-state index < -0.39 is 6.09 Å². The van der Waals surface area contributed by atoms with Crippen molar-refractivity contribution in [3.63, 3.8) is 0 Å². The van der Waals surface area contributed by atoms with Crippen LogP contribution in [0.25, 0.3) is 5.57 Å². The summed E-state index contributed by atoms with van der Waals surface area (Å²) in [6, 6.07) is 4.91. The molecule has 0 atom stereocenters. The lowest BCUT2D eigenvalue weighted by Crippen LogP contribution is -2.29. The van der Waals surface area contributed by atoms with E-state index >= 15 is 0 Å². The number of Topliss-reactive ketones (excluding diaryl/α,β-unsaturated/α-hetero) is 1. The van der Waals surface area contributed by atoms with E-state index in [9.17, 15) is 14.4 Å². The van der Waals surface area contributed by atoms with Crippen LogP contribution in [0.4, 0.5) is 10.5 Å². The minimum Gasteiger partial charge on any atom is -0.453 e. The summed E-state index contributed by atoms with van der Waals surface area (Å²) in [6.07, 6.45) is 1.14. The van der Waals surface area contributed by atoms with Crippen molar-refractivity contribution < 1.29 is 19.1 Å². The summed E-state index contributed by atoms with van der Waals surface area (Å²) in [5, 5.41) is 5.11. The van der Waals surface area contributed by atoms with Gasteiger partial charge in [0, 0.05) is 17.5 Å². The monoisotopic (exact) mass is 300 g/mol. The van der Waals surface area contributed by atoms with E-state index in [0.29, 0.717) is 22.4 Å². The number of carbonyl (C=O) groups is 3. The van der Waals surface area contributed by atoms with Gasteiger partial charge >= 0.3 is 6.09 Å². The normalized spacial score (nSPS) is 13.1. The Morgan fingerprint density at radius 3 is 2.64 bits per heavy atom. The molecule has 2 rings (SSSR count). The number of benzene rings is 1. The number of ketones is 1. The van der Waals surface area contributed by atoms with E-state index in [1.165, 1.54) is 13.2 Å². The van der Waals surface area contributed by atoms with Crippen LogP contribution in [0.5, 0.6) is 0 Å². The van der Waals surface area contributed by atoms with E-state index in [1.807, 2.05) is 0 Å². The summed E-state index contributed by atoms with van der Waals surface area (Å²) < 4.78 is 4.56. The van der Waals surface area contributed by atoms with Gasteiger partial charge in [0.15, 0.2) is 0 Å². The van der Waals surface area contributed by atoms with Gasteiger partial charge in [0.1, 0.15) is 0 Å².